The van der Waals surface area contributed by atoms with Crippen molar-refractivity contribution in [3.63, 3.8) is 0 Å². The number of benzene rings is 2. The molecule has 0 bridgehead atoms. The fourth-order valence-electron chi connectivity index (χ4n) is 2.53. The Morgan fingerprint density at radius 3 is 2.38 bits per heavy atom. The molecular formula is C19H17N3O4. The second kappa shape index (κ2) is 7.52. The number of nitrogens with one attached hydrogen (secondary N) is 1. The predicted molar refractivity (Wildman–Crippen MR) is 97.9 cm³/mol. The molecule has 1 N–H and O–H groups in total. The van der Waals surface area contributed by atoms with Crippen molar-refractivity contribution in [1.82, 2.24) is 9.13 Å². The highest BCUT2D eigenvalue weighted by molar-refractivity contribution is 5.90. The van der Waals surface area contributed by atoms with Crippen molar-refractivity contribution < 1.29 is 9.53 Å². The van der Waals surface area contributed by atoms with E-state index in [0.29, 0.717) is 17.1 Å². The van der Waals surface area contributed by atoms with E-state index in [0.717, 1.165) is 4.57 Å². The molecule has 2 aromatic carbocycles. The molecule has 0 radical (unpaired) electrons. The van der Waals surface area contributed by atoms with Crippen LogP contribution in [0.1, 0.15) is 0 Å². The Hall–Kier alpha value is -3.61. The molecule has 7 heteroatoms. The molecule has 26 heavy (non-hydrogen) atoms. The van der Waals surface area contributed by atoms with Gasteiger partial charge in [0, 0.05) is 18.1 Å². The summed E-state index contributed by atoms with van der Waals surface area (Å²) in [5, 5.41) is 2.67. The minimum absolute atomic E-state index is 0.254. The van der Waals surface area contributed by atoms with Gasteiger partial charge in [-0.3, -0.25) is 23.5 Å². The Balaban J connectivity index is 1.87. The zero-order valence-electron chi connectivity index (χ0n) is 14.1. The third kappa shape index (κ3) is 3.56. The van der Waals surface area contributed by atoms with Crippen molar-refractivity contribution in [2.75, 3.05) is 12.4 Å². The maximum atomic E-state index is 12.4. The highest BCUT2D eigenvalue weighted by Gasteiger charge is 2.12. The van der Waals surface area contributed by atoms with Gasteiger partial charge < -0.3 is 10.1 Å². The minimum Gasteiger partial charge on any atom is -0.495 e. The van der Waals surface area contributed by atoms with Gasteiger partial charge in [-0.2, -0.15) is 0 Å². The van der Waals surface area contributed by atoms with E-state index in [9.17, 15) is 14.4 Å². The van der Waals surface area contributed by atoms with E-state index in [4.69, 9.17) is 4.74 Å². The highest BCUT2D eigenvalue weighted by Crippen LogP contribution is 2.19. The third-order valence-electron chi connectivity index (χ3n) is 3.77. The molecule has 0 fully saturated rings. The van der Waals surface area contributed by atoms with Gasteiger partial charge in [0.05, 0.1) is 12.8 Å². The smallest absolute Gasteiger partial charge is 0.321 e. The number of carbonyl (C=O) groups excluding carboxylic acids is 1. The number of para-hydroxylation sites is 3. The highest BCUT2D eigenvalue weighted by atomic mass is 16.5. The molecule has 132 valence electrons. The van der Waals surface area contributed by atoms with Gasteiger partial charge in [0.1, 0.15) is 12.3 Å². The predicted octanol–water partition coefficient (Wildman–Crippen LogP) is 1.65. The van der Waals surface area contributed by atoms with Crippen molar-refractivity contribution in [3.05, 3.63) is 87.7 Å². The van der Waals surface area contributed by atoms with Crippen LogP contribution < -0.4 is 21.2 Å². The van der Waals surface area contributed by atoms with Crippen LogP contribution in [0.25, 0.3) is 5.69 Å². The molecule has 1 aromatic heterocycles. The lowest BCUT2D eigenvalue weighted by molar-refractivity contribution is -0.116. The zero-order valence-corrected chi connectivity index (χ0v) is 14.1. The monoisotopic (exact) mass is 351 g/mol. The molecule has 3 aromatic rings. The molecule has 0 aliphatic heterocycles. The fraction of sp³-hybridized carbons (Fsp3) is 0.105. The first kappa shape index (κ1) is 17.2. The molecule has 0 saturated heterocycles. The van der Waals surface area contributed by atoms with E-state index in [2.05, 4.69) is 5.32 Å². The SMILES string of the molecule is COc1ccccc1-n1ccn(CC(=O)Nc2ccccc2)c(=O)c1=O. The van der Waals surface area contributed by atoms with Crippen LogP contribution in [0, 0.1) is 0 Å². The van der Waals surface area contributed by atoms with Crippen LogP contribution >= 0.6 is 0 Å². The zero-order chi connectivity index (χ0) is 18.5. The molecule has 0 aliphatic rings. The maximum Gasteiger partial charge on any atom is 0.321 e. The quantitative estimate of drug-likeness (QED) is 0.709. The number of hydrogen-bond donors (Lipinski definition) is 1. The Bertz CT molecular complexity index is 1040. The van der Waals surface area contributed by atoms with Crippen LogP contribution in [0.3, 0.4) is 0 Å². The number of hydrogen-bond acceptors (Lipinski definition) is 4. The third-order valence-corrected chi connectivity index (χ3v) is 3.77. The van der Waals surface area contributed by atoms with E-state index < -0.39 is 17.0 Å². The minimum atomic E-state index is -0.790. The summed E-state index contributed by atoms with van der Waals surface area (Å²) in [4.78, 5) is 36.9. The number of nitrogens with zero attached hydrogens (tertiary/aromatic N) is 2. The van der Waals surface area contributed by atoms with Crippen LogP contribution in [-0.4, -0.2) is 22.2 Å². The molecule has 0 spiro atoms. The van der Waals surface area contributed by atoms with Gasteiger partial charge in [0.15, 0.2) is 0 Å². The largest absolute Gasteiger partial charge is 0.495 e. The number of anilines is 1. The standard InChI is InChI=1S/C19H17N3O4/c1-26-16-10-6-5-9-15(16)22-12-11-21(18(24)19(22)25)13-17(23)20-14-7-3-2-4-8-14/h2-12H,13H2,1H3,(H,20,23). The lowest BCUT2D eigenvalue weighted by Gasteiger charge is -2.12. The van der Waals surface area contributed by atoms with Crippen LogP contribution in [0.5, 0.6) is 5.75 Å². The molecule has 0 atom stereocenters. The molecule has 1 amide bonds. The molecule has 1 heterocycles. The molecule has 3 rings (SSSR count). The first-order valence-corrected chi connectivity index (χ1v) is 7.90. The van der Waals surface area contributed by atoms with E-state index in [1.54, 1.807) is 48.5 Å². The van der Waals surface area contributed by atoms with Crippen molar-refractivity contribution in [2.45, 2.75) is 6.54 Å². The Morgan fingerprint density at radius 1 is 0.962 bits per heavy atom. The van der Waals surface area contributed by atoms with Crippen LogP contribution in [-0.2, 0) is 11.3 Å². The average molecular weight is 351 g/mol. The summed E-state index contributed by atoms with van der Waals surface area (Å²) < 4.78 is 7.50. The van der Waals surface area contributed by atoms with Crippen LogP contribution in [0.2, 0.25) is 0 Å². The first-order chi connectivity index (χ1) is 12.6. The number of aromatic nitrogens is 2. The Morgan fingerprint density at radius 2 is 1.65 bits per heavy atom. The number of amides is 1. The van der Waals surface area contributed by atoms with Crippen molar-refractivity contribution in [3.8, 4) is 11.4 Å². The van der Waals surface area contributed by atoms with Crippen LogP contribution in [0.4, 0.5) is 5.69 Å². The van der Waals surface area contributed by atoms with Gasteiger partial charge in [0.2, 0.25) is 5.91 Å². The Labute approximate surface area is 149 Å². The topological polar surface area (TPSA) is 82.3 Å². The van der Waals surface area contributed by atoms with Gasteiger partial charge >= 0.3 is 11.1 Å². The molecule has 0 aliphatic carbocycles. The fourth-order valence-corrected chi connectivity index (χ4v) is 2.53. The molecule has 7 nitrogen and oxygen atoms in total. The number of ether oxygens (including phenoxy) is 1. The van der Waals surface area contributed by atoms with Gasteiger partial charge in [-0.05, 0) is 24.3 Å². The maximum absolute atomic E-state index is 12.4. The summed E-state index contributed by atoms with van der Waals surface area (Å²) in [7, 11) is 1.49. The van der Waals surface area contributed by atoms with Gasteiger partial charge in [-0.1, -0.05) is 30.3 Å². The number of carbonyl (C=O) groups is 1. The summed E-state index contributed by atoms with van der Waals surface area (Å²) in [5.74, 6) is 0.0707. The second-order valence-corrected chi connectivity index (χ2v) is 5.49. The van der Waals surface area contributed by atoms with Crippen molar-refractivity contribution >= 4 is 11.6 Å². The summed E-state index contributed by atoms with van der Waals surface area (Å²) >= 11 is 0. The van der Waals surface area contributed by atoms with Gasteiger partial charge in [-0.25, -0.2) is 0 Å². The summed E-state index contributed by atoms with van der Waals surface area (Å²) in [6.07, 6.45) is 2.85. The summed E-state index contributed by atoms with van der Waals surface area (Å²) in [6.45, 7) is -0.254. The van der Waals surface area contributed by atoms with Gasteiger partial charge in [0.25, 0.3) is 0 Å². The first-order valence-electron chi connectivity index (χ1n) is 7.90. The Kier molecular flexibility index (Phi) is 4.98. The number of methoxy groups -OCH3 is 1. The summed E-state index contributed by atoms with van der Waals surface area (Å²) in [6, 6.07) is 15.8. The number of rotatable bonds is 5. The van der Waals surface area contributed by atoms with E-state index in [-0.39, 0.29) is 6.54 Å². The molecule has 0 saturated carbocycles. The summed E-state index contributed by atoms with van der Waals surface area (Å²) in [5.41, 5.74) is -0.475. The van der Waals surface area contributed by atoms with E-state index >= 15 is 0 Å². The molecule has 0 unspecified atom stereocenters. The van der Waals surface area contributed by atoms with E-state index in [1.807, 2.05) is 6.07 Å². The van der Waals surface area contributed by atoms with Crippen LogP contribution in [0.15, 0.2) is 76.6 Å². The van der Waals surface area contributed by atoms with Crippen molar-refractivity contribution in [1.29, 1.82) is 0 Å². The lowest BCUT2D eigenvalue weighted by Crippen LogP contribution is -2.41. The van der Waals surface area contributed by atoms with E-state index in [1.165, 1.54) is 24.1 Å². The van der Waals surface area contributed by atoms with Crippen molar-refractivity contribution in [2.24, 2.45) is 0 Å². The lowest BCUT2D eigenvalue weighted by atomic mass is 10.3. The second-order valence-electron chi connectivity index (χ2n) is 5.49. The van der Waals surface area contributed by atoms with Gasteiger partial charge in [-0.15, -0.1) is 0 Å². The average Bonchev–Trinajstić information content (AvgIpc) is 2.66. The molecular weight excluding hydrogens is 334 g/mol. The normalized spacial score (nSPS) is 10.3.